The molecule has 0 aliphatic carbocycles. The number of carbonyl (C=O) groups is 1. The van der Waals surface area contributed by atoms with Crippen molar-refractivity contribution >= 4 is 12.2 Å². The number of aliphatic imine (C=N–C) groups is 1. The molecule has 0 heterocycles. The summed E-state index contributed by atoms with van der Waals surface area (Å²) in [6.45, 7) is 13.6. The molecule has 0 radical (unpaired) electrons. The fourth-order valence-electron chi connectivity index (χ4n) is 1.48. The van der Waals surface area contributed by atoms with Crippen LogP contribution in [0.25, 0.3) is 0 Å². The van der Waals surface area contributed by atoms with Crippen LogP contribution in [0.15, 0.2) is 88.7 Å². The smallest absolute Gasteiger partial charge is 0.335 e. The number of hydrogen-bond acceptors (Lipinski definition) is 3. The summed E-state index contributed by atoms with van der Waals surface area (Å²) in [6, 6.07) is 0. The van der Waals surface area contributed by atoms with Crippen molar-refractivity contribution in [2.24, 2.45) is 4.99 Å². The predicted octanol–water partition coefficient (Wildman–Crippen LogP) is 4.81. The van der Waals surface area contributed by atoms with Crippen LogP contribution in [0.5, 0.6) is 0 Å². The summed E-state index contributed by atoms with van der Waals surface area (Å²) in [5.74, 6) is -0.306. The van der Waals surface area contributed by atoms with Crippen molar-refractivity contribution in [2.75, 3.05) is 13.7 Å². The fraction of sp³-hybridized carbons (Fsp3) is 0.238. The second kappa shape index (κ2) is 12.5. The molecular formula is C21H27NO3. The number of carboxylic acids is 1. The van der Waals surface area contributed by atoms with Gasteiger partial charge in [-0.2, -0.15) is 0 Å². The van der Waals surface area contributed by atoms with Crippen LogP contribution in [0.2, 0.25) is 0 Å². The van der Waals surface area contributed by atoms with Gasteiger partial charge in [0.25, 0.3) is 0 Å². The molecular weight excluding hydrogens is 314 g/mol. The van der Waals surface area contributed by atoms with Crippen molar-refractivity contribution in [1.82, 2.24) is 0 Å². The fourth-order valence-corrected chi connectivity index (χ4v) is 1.48. The van der Waals surface area contributed by atoms with Gasteiger partial charge in [0.15, 0.2) is 0 Å². The lowest BCUT2D eigenvalue weighted by atomic mass is 10.1. The first-order valence-corrected chi connectivity index (χ1v) is 7.83. The third-order valence-electron chi connectivity index (χ3n) is 3.13. The van der Waals surface area contributed by atoms with E-state index in [0.717, 1.165) is 22.5 Å². The van der Waals surface area contributed by atoms with E-state index in [1.54, 1.807) is 25.4 Å². The summed E-state index contributed by atoms with van der Waals surface area (Å²) in [5.41, 5.74) is 2.90. The van der Waals surface area contributed by atoms with Crippen LogP contribution in [0.1, 0.15) is 20.8 Å². The Morgan fingerprint density at radius 1 is 1.12 bits per heavy atom. The van der Waals surface area contributed by atoms with Gasteiger partial charge in [-0.1, -0.05) is 31.4 Å². The minimum absolute atomic E-state index is 0.0390. The first kappa shape index (κ1) is 22.1. The Labute approximate surface area is 150 Å². The van der Waals surface area contributed by atoms with Crippen LogP contribution < -0.4 is 0 Å². The number of ether oxygens (including phenoxy) is 1. The van der Waals surface area contributed by atoms with E-state index in [0.29, 0.717) is 6.61 Å². The SMILES string of the molecule is C=C(/C=C\C=C(/C)COC(/C=C\C(=C)/C(C)=C/C=N\C)=C/C)C(=O)O. The van der Waals surface area contributed by atoms with Gasteiger partial charge < -0.3 is 9.84 Å². The molecule has 0 amide bonds. The van der Waals surface area contributed by atoms with Gasteiger partial charge in [-0.3, -0.25) is 4.99 Å². The third-order valence-corrected chi connectivity index (χ3v) is 3.13. The van der Waals surface area contributed by atoms with Gasteiger partial charge >= 0.3 is 5.97 Å². The average molecular weight is 341 g/mol. The van der Waals surface area contributed by atoms with Gasteiger partial charge in [-0.15, -0.1) is 0 Å². The second-order valence-corrected chi connectivity index (χ2v) is 5.30. The topological polar surface area (TPSA) is 58.9 Å². The number of aliphatic carboxylic acids is 1. The van der Waals surface area contributed by atoms with Crippen molar-refractivity contribution < 1.29 is 14.6 Å². The molecule has 0 aromatic carbocycles. The Balaban J connectivity index is 4.66. The summed E-state index contributed by atoms with van der Waals surface area (Å²) in [7, 11) is 1.72. The highest BCUT2D eigenvalue weighted by Gasteiger charge is 1.98. The van der Waals surface area contributed by atoms with Crippen molar-refractivity contribution in [2.45, 2.75) is 20.8 Å². The summed E-state index contributed by atoms with van der Waals surface area (Å²) < 4.78 is 5.72. The van der Waals surface area contributed by atoms with E-state index in [4.69, 9.17) is 9.84 Å². The van der Waals surface area contributed by atoms with Gasteiger partial charge in [0.05, 0.1) is 5.57 Å². The standard InChI is InChI=1S/C21H27NO3/c1-7-20(12-11-17(3)18(4)13-14-22-6)25-15-16(2)9-8-10-19(5)21(23)24/h7-14H,3,5,15H2,1-2,4,6H3,(H,23,24)/b10-8-,12-11-,16-9+,18-13+,20-7+,22-14-. The molecule has 0 aliphatic rings. The first-order chi connectivity index (χ1) is 11.8. The number of allylic oxidation sites excluding steroid dienone is 8. The van der Waals surface area contributed by atoms with Crippen LogP contribution in [0.4, 0.5) is 0 Å². The highest BCUT2D eigenvalue weighted by Crippen LogP contribution is 2.11. The summed E-state index contributed by atoms with van der Waals surface area (Å²) in [5, 5.41) is 8.72. The summed E-state index contributed by atoms with van der Waals surface area (Å²) in [6.07, 6.45) is 14.1. The lowest BCUT2D eigenvalue weighted by Gasteiger charge is -2.07. The molecule has 1 N–H and O–H groups in total. The first-order valence-electron chi connectivity index (χ1n) is 7.83. The van der Waals surface area contributed by atoms with E-state index in [1.807, 2.05) is 45.1 Å². The van der Waals surface area contributed by atoms with Crippen LogP contribution >= 0.6 is 0 Å². The zero-order valence-corrected chi connectivity index (χ0v) is 15.5. The van der Waals surface area contributed by atoms with Crippen molar-refractivity contribution in [1.29, 1.82) is 0 Å². The molecule has 0 rings (SSSR count). The van der Waals surface area contributed by atoms with E-state index in [2.05, 4.69) is 18.2 Å². The van der Waals surface area contributed by atoms with Crippen molar-refractivity contribution in [3.63, 3.8) is 0 Å². The number of carboxylic acid groups (broad SMARTS) is 1. The van der Waals surface area contributed by atoms with Crippen LogP contribution in [-0.2, 0) is 9.53 Å². The predicted molar refractivity (Wildman–Crippen MR) is 106 cm³/mol. The molecule has 0 saturated carbocycles. The normalized spacial score (nSPS) is 13.8. The molecule has 0 spiro atoms. The molecule has 0 aromatic heterocycles. The molecule has 4 heteroatoms. The van der Waals surface area contributed by atoms with Crippen molar-refractivity contribution in [3.8, 4) is 0 Å². The molecule has 134 valence electrons. The number of hydrogen-bond donors (Lipinski definition) is 1. The van der Waals surface area contributed by atoms with Gasteiger partial charge in [0.1, 0.15) is 12.4 Å². The highest BCUT2D eigenvalue weighted by atomic mass is 16.5. The second-order valence-electron chi connectivity index (χ2n) is 5.30. The minimum atomic E-state index is -1.03. The molecule has 0 fully saturated rings. The van der Waals surface area contributed by atoms with E-state index in [1.165, 1.54) is 6.08 Å². The maximum absolute atomic E-state index is 10.6. The van der Waals surface area contributed by atoms with Crippen LogP contribution in [0, 0.1) is 0 Å². The van der Waals surface area contributed by atoms with Crippen molar-refractivity contribution in [3.05, 3.63) is 83.7 Å². The van der Waals surface area contributed by atoms with Gasteiger partial charge in [0.2, 0.25) is 0 Å². The monoisotopic (exact) mass is 341 g/mol. The Hall–Kier alpha value is -2.88. The van der Waals surface area contributed by atoms with E-state index < -0.39 is 5.97 Å². The molecule has 0 atom stereocenters. The summed E-state index contributed by atoms with van der Waals surface area (Å²) in [4.78, 5) is 14.5. The quantitative estimate of drug-likeness (QED) is 0.268. The molecule has 0 aliphatic heterocycles. The van der Waals surface area contributed by atoms with E-state index in [-0.39, 0.29) is 5.57 Å². The highest BCUT2D eigenvalue weighted by molar-refractivity contribution is 5.89. The zero-order chi connectivity index (χ0) is 19.2. The van der Waals surface area contributed by atoms with Gasteiger partial charge in [-0.25, -0.2) is 4.79 Å². The molecule has 0 unspecified atom stereocenters. The summed E-state index contributed by atoms with van der Waals surface area (Å²) >= 11 is 0. The molecule has 0 bridgehead atoms. The van der Waals surface area contributed by atoms with Gasteiger partial charge in [0, 0.05) is 13.3 Å². The maximum atomic E-state index is 10.6. The number of rotatable bonds is 10. The minimum Gasteiger partial charge on any atom is -0.490 e. The van der Waals surface area contributed by atoms with E-state index >= 15 is 0 Å². The lowest BCUT2D eigenvalue weighted by molar-refractivity contribution is -0.132. The Kier molecular flexibility index (Phi) is 11.1. The average Bonchev–Trinajstić information content (AvgIpc) is 2.59. The lowest BCUT2D eigenvalue weighted by Crippen LogP contribution is -1.96. The maximum Gasteiger partial charge on any atom is 0.335 e. The largest absolute Gasteiger partial charge is 0.490 e. The molecule has 0 saturated heterocycles. The number of nitrogens with zero attached hydrogens (tertiary/aromatic N) is 1. The van der Waals surface area contributed by atoms with Gasteiger partial charge in [-0.05, 0) is 61.8 Å². The Morgan fingerprint density at radius 3 is 2.36 bits per heavy atom. The molecule has 25 heavy (non-hydrogen) atoms. The molecule has 0 aromatic rings. The third kappa shape index (κ3) is 10.5. The van der Waals surface area contributed by atoms with Crippen LogP contribution in [-0.4, -0.2) is 30.9 Å². The molecule has 4 nitrogen and oxygen atoms in total. The van der Waals surface area contributed by atoms with E-state index in [9.17, 15) is 4.79 Å². The zero-order valence-electron chi connectivity index (χ0n) is 15.5. The Bertz CT molecular complexity index is 671. The van der Waals surface area contributed by atoms with Crippen LogP contribution in [0.3, 0.4) is 0 Å². The Morgan fingerprint density at radius 2 is 1.80 bits per heavy atom.